The molecule has 0 aliphatic heterocycles. The van der Waals surface area contributed by atoms with Crippen molar-refractivity contribution in [2.75, 3.05) is 0 Å². The second-order valence-corrected chi connectivity index (χ2v) is 3.52. The van der Waals surface area contributed by atoms with Crippen LogP contribution < -0.4 is 4.74 Å². The number of carboxylic acids is 1. The Kier molecular flexibility index (Phi) is 3.37. The van der Waals surface area contributed by atoms with Crippen molar-refractivity contribution in [3.63, 3.8) is 0 Å². The zero-order chi connectivity index (χ0) is 14.0. The van der Waals surface area contributed by atoms with E-state index in [1.165, 1.54) is 0 Å². The molecule has 0 aliphatic carbocycles. The van der Waals surface area contributed by atoms with Gasteiger partial charge in [0.25, 0.3) is 0 Å². The highest BCUT2D eigenvalue weighted by Crippen LogP contribution is 2.25. The molecule has 1 aromatic carbocycles. The van der Waals surface area contributed by atoms with Crippen molar-refractivity contribution >= 4 is 5.97 Å². The molecule has 0 bridgehead atoms. The van der Waals surface area contributed by atoms with E-state index >= 15 is 0 Å². The number of carbonyl (C=O) groups is 1. The highest BCUT2D eigenvalue weighted by atomic mass is 19.1. The standard InChI is InChI=1S/C12H6F3NO3/c13-6-1-7(14)3-9(2-6)19-11-10(12(17)18)4-8(15)5-16-11/h1-5H,(H,17,18). The minimum absolute atomic E-state index is 0.279. The number of ether oxygens (including phenoxy) is 1. The molecule has 7 heteroatoms. The minimum Gasteiger partial charge on any atom is -0.477 e. The summed E-state index contributed by atoms with van der Waals surface area (Å²) in [4.78, 5) is 14.3. The van der Waals surface area contributed by atoms with E-state index in [9.17, 15) is 18.0 Å². The maximum absolute atomic E-state index is 12.9. The summed E-state index contributed by atoms with van der Waals surface area (Å²) in [5.41, 5.74) is -0.551. The molecule has 0 radical (unpaired) electrons. The van der Waals surface area contributed by atoms with Gasteiger partial charge in [-0.05, 0) is 6.07 Å². The normalized spacial score (nSPS) is 10.3. The van der Waals surface area contributed by atoms with E-state index < -0.39 is 34.9 Å². The third-order valence-corrected chi connectivity index (χ3v) is 2.10. The first-order valence-corrected chi connectivity index (χ1v) is 4.98. The first kappa shape index (κ1) is 12.9. The minimum atomic E-state index is -1.47. The Morgan fingerprint density at radius 3 is 2.26 bits per heavy atom. The topological polar surface area (TPSA) is 59.4 Å². The molecule has 0 saturated heterocycles. The summed E-state index contributed by atoms with van der Waals surface area (Å²) in [5.74, 6) is -4.87. The highest BCUT2D eigenvalue weighted by molar-refractivity contribution is 5.90. The van der Waals surface area contributed by atoms with Crippen molar-refractivity contribution < 1.29 is 27.8 Å². The molecule has 19 heavy (non-hydrogen) atoms. The van der Waals surface area contributed by atoms with Gasteiger partial charge in [0, 0.05) is 18.2 Å². The van der Waals surface area contributed by atoms with E-state index in [1.807, 2.05) is 0 Å². The van der Waals surface area contributed by atoms with Gasteiger partial charge in [0.1, 0.15) is 28.8 Å². The summed E-state index contributed by atoms with van der Waals surface area (Å²) in [6, 6.07) is 3.02. The number of pyridine rings is 1. The Balaban J connectivity index is 2.40. The van der Waals surface area contributed by atoms with Crippen LogP contribution in [0.2, 0.25) is 0 Å². The first-order chi connectivity index (χ1) is 8.95. The second kappa shape index (κ2) is 4.97. The monoisotopic (exact) mass is 269 g/mol. The fourth-order valence-corrected chi connectivity index (χ4v) is 1.36. The lowest BCUT2D eigenvalue weighted by atomic mass is 10.2. The number of hydrogen-bond donors (Lipinski definition) is 1. The Bertz CT molecular complexity index is 626. The fraction of sp³-hybridized carbons (Fsp3) is 0. The van der Waals surface area contributed by atoms with E-state index in [0.29, 0.717) is 12.1 Å². The predicted octanol–water partition coefficient (Wildman–Crippen LogP) is 2.99. The van der Waals surface area contributed by atoms with Crippen molar-refractivity contribution in [3.8, 4) is 11.6 Å². The number of rotatable bonds is 3. The maximum atomic E-state index is 12.9. The zero-order valence-electron chi connectivity index (χ0n) is 9.23. The van der Waals surface area contributed by atoms with Crippen LogP contribution in [0.5, 0.6) is 11.6 Å². The largest absolute Gasteiger partial charge is 0.477 e. The van der Waals surface area contributed by atoms with Crippen LogP contribution in [0.1, 0.15) is 10.4 Å². The van der Waals surface area contributed by atoms with Crippen LogP contribution in [0.4, 0.5) is 13.2 Å². The van der Waals surface area contributed by atoms with Gasteiger partial charge in [-0.1, -0.05) is 0 Å². The summed E-state index contributed by atoms with van der Waals surface area (Å²) in [7, 11) is 0. The average molecular weight is 269 g/mol. The van der Waals surface area contributed by atoms with Crippen LogP contribution in [0, 0.1) is 17.5 Å². The summed E-state index contributed by atoms with van der Waals surface area (Å²) in [6.07, 6.45) is 0.734. The molecule has 1 N–H and O–H groups in total. The van der Waals surface area contributed by atoms with E-state index in [-0.39, 0.29) is 5.75 Å². The predicted molar refractivity (Wildman–Crippen MR) is 57.6 cm³/mol. The van der Waals surface area contributed by atoms with Gasteiger partial charge in [-0.3, -0.25) is 0 Å². The maximum Gasteiger partial charge on any atom is 0.341 e. The lowest BCUT2D eigenvalue weighted by Gasteiger charge is -2.07. The Hall–Kier alpha value is -2.57. The third kappa shape index (κ3) is 3.01. The number of aromatic nitrogens is 1. The average Bonchev–Trinajstić information content (AvgIpc) is 2.30. The number of carboxylic acid groups (broad SMARTS) is 1. The molecule has 0 unspecified atom stereocenters. The molecular formula is C12H6F3NO3. The molecule has 0 spiro atoms. The second-order valence-electron chi connectivity index (χ2n) is 3.52. The summed E-state index contributed by atoms with van der Waals surface area (Å²) >= 11 is 0. The van der Waals surface area contributed by atoms with Gasteiger partial charge in [-0.25, -0.2) is 22.9 Å². The summed E-state index contributed by atoms with van der Waals surface area (Å²) in [5, 5.41) is 8.84. The van der Waals surface area contributed by atoms with Crippen LogP contribution in [-0.2, 0) is 0 Å². The third-order valence-electron chi connectivity index (χ3n) is 2.10. The van der Waals surface area contributed by atoms with E-state index in [4.69, 9.17) is 9.84 Å². The highest BCUT2D eigenvalue weighted by Gasteiger charge is 2.15. The molecule has 98 valence electrons. The molecular weight excluding hydrogens is 263 g/mol. The summed E-state index contributed by atoms with van der Waals surface area (Å²) in [6.45, 7) is 0. The van der Waals surface area contributed by atoms with Crippen molar-refractivity contribution in [2.45, 2.75) is 0 Å². The molecule has 0 aliphatic rings. The van der Waals surface area contributed by atoms with Crippen molar-refractivity contribution in [3.05, 3.63) is 53.5 Å². The summed E-state index contributed by atoms with van der Waals surface area (Å²) < 4.78 is 43.7. The van der Waals surface area contributed by atoms with Crippen LogP contribution >= 0.6 is 0 Å². The quantitative estimate of drug-likeness (QED) is 0.930. The van der Waals surface area contributed by atoms with Gasteiger partial charge in [-0.15, -0.1) is 0 Å². The Morgan fingerprint density at radius 2 is 1.68 bits per heavy atom. The smallest absolute Gasteiger partial charge is 0.341 e. The van der Waals surface area contributed by atoms with Crippen molar-refractivity contribution in [1.29, 1.82) is 0 Å². The van der Waals surface area contributed by atoms with Gasteiger partial charge in [0.15, 0.2) is 0 Å². The Morgan fingerprint density at radius 1 is 1.05 bits per heavy atom. The van der Waals surface area contributed by atoms with Crippen LogP contribution in [0.3, 0.4) is 0 Å². The van der Waals surface area contributed by atoms with Crippen molar-refractivity contribution in [2.24, 2.45) is 0 Å². The molecule has 0 saturated carbocycles. The lowest BCUT2D eigenvalue weighted by molar-refractivity contribution is 0.0692. The number of hydrogen-bond acceptors (Lipinski definition) is 3. The van der Waals surface area contributed by atoms with Gasteiger partial charge >= 0.3 is 5.97 Å². The Labute approximate surface area is 105 Å². The molecule has 0 amide bonds. The van der Waals surface area contributed by atoms with Gasteiger partial charge in [0.2, 0.25) is 5.88 Å². The lowest BCUT2D eigenvalue weighted by Crippen LogP contribution is -2.03. The van der Waals surface area contributed by atoms with E-state index in [0.717, 1.165) is 18.3 Å². The van der Waals surface area contributed by atoms with Crippen molar-refractivity contribution in [1.82, 2.24) is 4.98 Å². The molecule has 0 atom stereocenters. The number of aromatic carboxylic acids is 1. The fourth-order valence-electron chi connectivity index (χ4n) is 1.36. The first-order valence-electron chi connectivity index (χ1n) is 4.98. The van der Waals surface area contributed by atoms with Crippen LogP contribution in [0.25, 0.3) is 0 Å². The molecule has 2 aromatic rings. The van der Waals surface area contributed by atoms with E-state index in [1.54, 1.807) is 0 Å². The molecule has 0 fully saturated rings. The van der Waals surface area contributed by atoms with Crippen LogP contribution in [-0.4, -0.2) is 16.1 Å². The van der Waals surface area contributed by atoms with Gasteiger partial charge in [0.05, 0.1) is 6.20 Å². The molecule has 4 nitrogen and oxygen atoms in total. The van der Waals surface area contributed by atoms with Gasteiger partial charge < -0.3 is 9.84 Å². The zero-order valence-corrected chi connectivity index (χ0v) is 9.23. The van der Waals surface area contributed by atoms with Gasteiger partial charge in [-0.2, -0.15) is 0 Å². The number of nitrogens with zero attached hydrogens (tertiary/aromatic N) is 1. The number of halogens is 3. The SMILES string of the molecule is O=C(O)c1cc(F)cnc1Oc1cc(F)cc(F)c1. The molecule has 2 rings (SSSR count). The van der Waals surface area contributed by atoms with Crippen LogP contribution in [0.15, 0.2) is 30.5 Å². The number of benzene rings is 1. The molecule has 1 heterocycles. The molecule has 1 aromatic heterocycles. The van der Waals surface area contributed by atoms with E-state index in [2.05, 4.69) is 4.98 Å².